The summed E-state index contributed by atoms with van der Waals surface area (Å²) in [6.45, 7) is 4.37. The number of rotatable bonds is 3. The maximum absolute atomic E-state index is 12.5. The first kappa shape index (κ1) is 20.0. The van der Waals surface area contributed by atoms with Gasteiger partial charge in [0.05, 0.1) is 22.8 Å². The summed E-state index contributed by atoms with van der Waals surface area (Å²) in [6.07, 6.45) is 5.08. The molecule has 2 N–H and O–H groups in total. The second-order valence-corrected chi connectivity index (χ2v) is 9.30. The van der Waals surface area contributed by atoms with Gasteiger partial charge in [0.25, 0.3) is 5.03 Å². The summed E-state index contributed by atoms with van der Waals surface area (Å²) in [6, 6.07) is 5.40. The van der Waals surface area contributed by atoms with Crippen LogP contribution < -0.4 is 15.4 Å². The number of hydrogen-bond donors (Lipinski definition) is 1. The molecule has 0 bridgehead atoms. The number of piperidine rings is 1. The quantitative estimate of drug-likeness (QED) is 0.580. The van der Waals surface area contributed by atoms with Gasteiger partial charge < -0.3 is 20.6 Å². The Morgan fingerprint density at radius 1 is 1.36 bits per heavy atom. The SMILES string of the molecule is C[C@@H]1OCC2(CCN(c3c[n+]([O-])c(Sc4cccc(Cl)c4Cl)cn3)CC2)[C@@H]1N. The molecule has 0 unspecified atom stereocenters. The minimum Gasteiger partial charge on any atom is -0.618 e. The minimum absolute atomic E-state index is 0.0441. The van der Waals surface area contributed by atoms with E-state index in [1.165, 1.54) is 18.0 Å². The third-order valence-electron chi connectivity index (χ3n) is 5.82. The van der Waals surface area contributed by atoms with Crippen LogP contribution in [-0.2, 0) is 4.74 Å². The molecule has 2 aliphatic rings. The van der Waals surface area contributed by atoms with Crippen molar-refractivity contribution in [1.82, 2.24) is 4.98 Å². The number of nitrogens with two attached hydrogens (primary N) is 1. The zero-order valence-corrected chi connectivity index (χ0v) is 17.8. The van der Waals surface area contributed by atoms with Gasteiger partial charge in [0, 0.05) is 29.4 Å². The van der Waals surface area contributed by atoms with E-state index in [0.29, 0.717) is 27.5 Å². The van der Waals surface area contributed by atoms with Crippen molar-refractivity contribution in [2.24, 2.45) is 11.1 Å². The van der Waals surface area contributed by atoms with E-state index < -0.39 is 0 Å². The Bertz CT molecular complexity index is 877. The van der Waals surface area contributed by atoms with Gasteiger partial charge in [0.1, 0.15) is 6.20 Å². The molecule has 2 aromatic rings. The van der Waals surface area contributed by atoms with E-state index in [1.807, 2.05) is 13.0 Å². The van der Waals surface area contributed by atoms with E-state index in [1.54, 1.807) is 18.3 Å². The van der Waals surface area contributed by atoms with Crippen molar-refractivity contribution in [3.05, 3.63) is 45.8 Å². The summed E-state index contributed by atoms with van der Waals surface area (Å²) in [5, 5.41) is 13.9. The Labute approximate surface area is 178 Å². The van der Waals surface area contributed by atoms with E-state index in [4.69, 9.17) is 33.7 Å². The monoisotopic (exact) mass is 440 g/mol. The highest BCUT2D eigenvalue weighted by Crippen LogP contribution is 2.42. The first-order valence-electron chi connectivity index (χ1n) is 9.23. The summed E-state index contributed by atoms with van der Waals surface area (Å²) in [5.41, 5.74) is 6.42. The number of halogens is 2. The zero-order chi connectivity index (χ0) is 19.9. The molecule has 9 heteroatoms. The van der Waals surface area contributed by atoms with Crippen molar-refractivity contribution in [3.63, 3.8) is 0 Å². The van der Waals surface area contributed by atoms with Gasteiger partial charge in [-0.25, -0.2) is 4.98 Å². The lowest BCUT2D eigenvalue weighted by Crippen LogP contribution is -2.51. The molecule has 6 nitrogen and oxygen atoms in total. The first-order chi connectivity index (χ1) is 13.4. The Hall–Kier alpha value is -1.25. The highest BCUT2D eigenvalue weighted by atomic mass is 35.5. The molecule has 0 radical (unpaired) electrons. The molecule has 4 rings (SSSR count). The van der Waals surface area contributed by atoms with Gasteiger partial charge in [0.15, 0.2) is 5.82 Å². The standard InChI is InChI=1S/C19H22Cl2N4O2S/c1-12-18(22)19(11-27-12)5-7-24(8-6-19)15-10-25(26)16(9-23-15)28-14-4-2-3-13(20)17(14)21/h2-4,9-10,12,18H,5-8,11,22H2,1H3/t12-,18+/m0/s1. The van der Waals surface area contributed by atoms with Crippen molar-refractivity contribution in [1.29, 1.82) is 0 Å². The van der Waals surface area contributed by atoms with E-state index >= 15 is 0 Å². The molecule has 1 aromatic carbocycles. The molecule has 1 aromatic heterocycles. The lowest BCUT2D eigenvalue weighted by atomic mass is 9.73. The highest BCUT2D eigenvalue weighted by molar-refractivity contribution is 7.99. The maximum atomic E-state index is 12.5. The third-order valence-corrected chi connectivity index (χ3v) is 7.80. The van der Waals surface area contributed by atoms with Crippen molar-refractivity contribution in [2.75, 3.05) is 24.6 Å². The first-order valence-corrected chi connectivity index (χ1v) is 10.8. The fourth-order valence-corrected chi connectivity index (χ4v) is 5.24. The van der Waals surface area contributed by atoms with Gasteiger partial charge in [-0.05, 0) is 43.7 Å². The van der Waals surface area contributed by atoms with E-state index in [2.05, 4.69) is 9.88 Å². The van der Waals surface area contributed by atoms with Crippen LogP contribution in [0.2, 0.25) is 10.0 Å². The predicted molar refractivity (Wildman–Crippen MR) is 111 cm³/mol. The molecule has 3 heterocycles. The van der Waals surface area contributed by atoms with Gasteiger partial charge in [-0.1, -0.05) is 29.3 Å². The summed E-state index contributed by atoms with van der Waals surface area (Å²) in [7, 11) is 0. The van der Waals surface area contributed by atoms with Crippen LogP contribution in [0.25, 0.3) is 0 Å². The fourth-order valence-electron chi connectivity index (χ4n) is 3.94. The van der Waals surface area contributed by atoms with E-state index in [-0.39, 0.29) is 17.6 Å². The van der Waals surface area contributed by atoms with Crippen LogP contribution in [0.15, 0.2) is 40.5 Å². The molecule has 28 heavy (non-hydrogen) atoms. The maximum Gasteiger partial charge on any atom is 0.274 e. The largest absolute Gasteiger partial charge is 0.618 e. The van der Waals surface area contributed by atoms with Crippen LogP contribution in [0.4, 0.5) is 5.82 Å². The molecule has 0 saturated carbocycles. The molecule has 2 saturated heterocycles. The third kappa shape index (κ3) is 3.66. The average Bonchev–Trinajstić information content (AvgIpc) is 2.96. The summed E-state index contributed by atoms with van der Waals surface area (Å²) < 4.78 is 6.61. The Morgan fingerprint density at radius 2 is 2.11 bits per heavy atom. The Balaban J connectivity index is 1.46. The molecule has 0 aliphatic carbocycles. The normalized spacial score (nSPS) is 24.1. The van der Waals surface area contributed by atoms with Gasteiger partial charge >= 0.3 is 0 Å². The molecule has 150 valence electrons. The smallest absolute Gasteiger partial charge is 0.274 e. The summed E-state index contributed by atoms with van der Waals surface area (Å²) in [5.74, 6) is 0.673. The molecular weight excluding hydrogens is 419 g/mol. The van der Waals surface area contributed by atoms with Crippen LogP contribution in [0, 0.1) is 10.6 Å². The fraction of sp³-hybridized carbons (Fsp3) is 0.474. The van der Waals surface area contributed by atoms with Crippen LogP contribution >= 0.6 is 35.0 Å². The molecule has 2 fully saturated rings. The van der Waals surface area contributed by atoms with Crippen LogP contribution in [0.3, 0.4) is 0 Å². The molecule has 2 atom stereocenters. The van der Waals surface area contributed by atoms with Crippen molar-refractivity contribution in [2.45, 2.75) is 41.8 Å². The number of anilines is 1. The van der Waals surface area contributed by atoms with Gasteiger partial charge in [0.2, 0.25) is 6.20 Å². The van der Waals surface area contributed by atoms with Crippen molar-refractivity contribution in [3.8, 4) is 0 Å². The van der Waals surface area contributed by atoms with Gasteiger partial charge in [-0.15, -0.1) is 0 Å². The van der Waals surface area contributed by atoms with Crippen molar-refractivity contribution < 1.29 is 9.47 Å². The second-order valence-electron chi connectivity index (χ2n) is 7.45. The number of benzene rings is 1. The lowest BCUT2D eigenvalue weighted by molar-refractivity contribution is -0.645. The summed E-state index contributed by atoms with van der Waals surface area (Å²) in [4.78, 5) is 7.36. The van der Waals surface area contributed by atoms with Crippen molar-refractivity contribution >= 4 is 40.8 Å². The van der Waals surface area contributed by atoms with E-state index in [9.17, 15) is 5.21 Å². The zero-order valence-electron chi connectivity index (χ0n) is 15.5. The van der Waals surface area contributed by atoms with Crippen LogP contribution in [0.5, 0.6) is 0 Å². The predicted octanol–water partition coefficient (Wildman–Crippen LogP) is 3.51. The van der Waals surface area contributed by atoms with Gasteiger partial charge in [-0.2, -0.15) is 4.73 Å². The van der Waals surface area contributed by atoms with Gasteiger partial charge in [-0.3, -0.25) is 0 Å². The molecular formula is C19H22Cl2N4O2S. The Kier molecular flexibility index (Phi) is 5.64. The molecule has 1 spiro atoms. The lowest BCUT2D eigenvalue weighted by Gasteiger charge is -2.41. The number of hydrogen-bond acceptors (Lipinski definition) is 6. The van der Waals surface area contributed by atoms with E-state index in [0.717, 1.165) is 35.6 Å². The minimum atomic E-state index is 0.0441. The average molecular weight is 441 g/mol. The topological polar surface area (TPSA) is 78.3 Å². The Morgan fingerprint density at radius 3 is 2.75 bits per heavy atom. The number of aromatic nitrogens is 2. The number of ether oxygens (including phenoxy) is 1. The second kappa shape index (κ2) is 7.88. The van der Waals surface area contributed by atoms with Crippen LogP contribution in [-0.4, -0.2) is 36.8 Å². The number of nitrogens with zero attached hydrogens (tertiary/aromatic N) is 3. The molecule has 0 amide bonds. The van der Waals surface area contributed by atoms with Crippen LogP contribution in [0.1, 0.15) is 19.8 Å². The molecule has 2 aliphatic heterocycles. The summed E-state index contributed by atoms with van der Waals surface area (Å²) >= 11 is 13.5. The highest BCUT2D eigenvalue weighted by Gasteiger charge is 2.47.